The maximum Gasteiger partial charge on any atom is 0.125 e. The van der Waals surface area contributed by atoms with Gasteiger partial charge in [-0.25, -0.2) is 0 Å². The summed E-state index contributed by atoms with van der Waals surface area (Å²) >= 11 is 0. The summed E-state index contributed by atoms with van der Waals surface area (Å²) in [5.41, 5.74) is 10.9. The molecule has 0 saturated heterocycles. The number of hydrogen-bond donors (Lipinski definition) is 1. The summed E-state index contributed by atoms with van der Waals surface area (Å²) in [7, 11) is 3.77. The van der Waals surface area contributed by atoms with Gasteiger partial charge in [0.15, 0.2) is 0 Å². The maximum atomic E-state index is 6.14. The van der Waals surface area contributed by atoms with Crippen molar-refractivity contribution >= 4 is 5.69 Å². The summed E-state index contributed by atoms with van der Waals surface area (Å²) < 4.78 is 5.46. The first-order valence-corrected chi connectivity index (χ1v) is 7.22. The molecule has 2 aromatic carbocycles. The molecule has 0 aliphatic carbocycles. The average Bonchev–Trinajstić information content (AvgIpc) is 2.48. The van der Waals surface area contributed by atoms with Crippen molar-refractivity contribution in [2.45, 2.75) is 26.4 Å². The van der Waals surface area contributed by atoms with Gasteiger partial charge in [0.2, 0.25) is 0 Å². The minimum Gasteiger partial charge on any atom is -0.496 e. The Hall–Kier alpha value is -2.00. The molecule has 0 radical (unpaired) electrons. The van der Waals surface area contributed by atoms with E-state index in [1.165, 1.54) is 11.1 Å². The van der Waals surface area contributed by atoms with Gasteiger partial charge in [-0.1, -0.05) is 35.9 Å². The van der Waals surface area contributed by atoms with Crippen LogP contribution in [0.2, 0.25) is 0 Å². The smallest absolute Gasteiger partial charge is 0.125 e. The average molecular weight is 284 g/mol. The lowest BCUT2D eigenvalue weighted by atomic mass is 10.0. The predicted molar refractivity (Wildman–Crippen MR) is 88.9 cm³/mol. The molecule has 2 aromatic rings. The van der Waals surface area contributed by atoms with Crippen LogP contribution in [-0.4, -0.2) is 14.2 Å². The number of nitrogens with two attached hydrogens (primary N) is 1. The van der Waals surface area contributed by atoms with Crippen LogP contribution < -0.4 is 15.4 Å². The molecule has 0 spiro atoms. The lowest BCUT2D eigenvalue weighted by Crippen LogP contribution is -2.20. The first kappa shape index (κ1) is 15.4. The van der Waals surface area contributed by atoms with Gasteiger partial charge in [0, 0.05) is 30.9 Å². The lowest BCUT2D eigenvalue weighted by Gasteiger charge is -2.25. The van der Waals surface area contributed by atoms with Gasteiger partial charge in [-0.2, -0.15) is 0 Å². The Kier molecular flexibility index (Phi) is 4.86. The molecule has 1 atom stereocenters. The highest BCUT2D eigenvalue weighted by Crippen LogP contribution is 2.33. The van der Waals surface area contributed by atoms with Crippen LogP contribution in [0.4, 0.5) is 5.69 Å². The molecule has 0 heterocycles. The second-order valence-electron chi connectivity index (χ2n) is 5.52. The summed E-state index contributed by atoms with van der Waals surface area (Å²) in [5.74, 6) is 0.846. The van der Waals surface area contributed by atoms with E-state index in [9.17, 15) is 0 Å². The van der Waals surface area contributed by atoms with Gasteiger partial charge in [-0.15, -0.1) is 0 Å². The van der Waals surface area contributed by atoms with Crippen LogP contribution in [0.1, 0.15) is 29.7 Å². The number of aryl methyl sites for hydroxylation is 1. The molecular formula is C18H24N2O. The van der Waals surface area contributed by atoms with E-state index in [4.69, 9.17) is 10.5 Å². The van der Waals surface area contributed by atoms with Gasteiger partial charge >= 0.3 is 0 Å². The summed E-state index contributed by atoms with van der Waals surface area (Å²) in [6, 6.07) is 14.6. The van der Waals surface area contributed by atoms with E-state index < -0.39 is 0 Å². The summed E-state index contributed by atoms with van der Waals surface area (Å²) in [6.07, 6.45) is 0. The molecule has 112 valence electrons. The maximum absolute atomic E-state index is 6.14. The third-order valence-electron chi connectivity index (χ3n) is 3.67. The topological polar surface area (TPSA) is 38.5 Å². The van der Waals surface area contributed by atoms with Crippen molar-refractivity contribution in [1.29, 1.82) is 0 Å². The van der Waals surface area contributed by atoms with Gasteiger partial charge in [0.1, 0.15) is 5.75 Å². The number of nitrogens with zero attached hydrogens (tertiary/aromatic N) is 1. The monoisotopic (exact) mass is 284 g/mol. The van der Waals surface area contributed by atoms with Crippen LogP contribution in [0.15, 0.2) is 42.5 Å². The minimum absolute atomic E-state index is 0.0726. The van der Waals surface area contributed by atoms with E-state index in [1.807, 2.05) is 19.1 Å². The third-order valence-corrected chi connectivity index (χ3v) is 3.67. The molecule has 2 N–H and O–H groups in total. The van der Waals surface area contributed by atoms with Gasteiger partial charge in [-0.3, -0.25) is 0 Å². The second kappa shape index (κ2) is 6.64. The Balaban J connectivity index is 2.30. The summed E-state index contributed by atoms with van der Waals surface area (Å²) in [5, 5.41) is 0. The highest BCUT2D eigenvalue weighted by atomic mass is 16.5. The van der Waals surface area contributed by atoms with Crippen molar-refractivity contribution < 1.29 is 4.74 Å². The molecule has 0 aliphatic heterocycles. The number of rotatable bonds is 5. The van der Waals surface area contributed by atoms with E-state index in [0.717, 1.165) is 23.5 Å². The standard InChI is InChI=1S/C18H24N2O/c1-13-8-10-15(11-9-13)12-20(3)16-6-5-7-17(21-4)18(16)14(2)19/h5-11,14H,12,19H2,1-4H3/t14-/m1/s1. The Morgan fingerprint density at radius 3 is 2.38 bits per heavy atom. The minimum atomic E-state index is -0.0726. The van der Waals surface area contributed by atoms with E-state index in [-0.39, 0.29) is 6.04 Å². The molecule has 3 nitrogen and oxygen atoms in total. The first-order valence-electron chi connectivity index (χ1n) is 7.22. The highest BCUT2D eigenvalue weighted by Gasteiger charge is 2.16. The van der Waals surface area contributed by atoms with Crippen molar-refractivity contribution in [1.82, 2.24) is 0 Å². The van der Waals surface area contributed by atoms with Crippen LogP contribution in [-0.2, 0) is 6.54 Å². The number of anilines is 1. The van der Waals surface area contributed by atoms with Crippen molar-refractivity contribution in [2.75, 3.05) is 19.1 Å². The fraction of sp³-hybridized carbons (Fsp3) is 0.333. The fourth-order valence-electron chi connectivity index (χ4n) is 2.55. The Bertz CT molecular complexity index is 591. The van der Waals surface area contributed by atoms with E-state index >= 15 is 0 Å². The zero-order valence-electron chi connectivity index (χ0n) is 13.3. The largest absolute Gasteiger partial charge is 0.496 e. The Labute approximate surface area is 127 Å². The van der Waals surface area contributed by atoms with E-state index in [2.05, 4.69) is 49.2 Å². The molecule has 0 bridgehead atoms. The molecule has 0 aromatic heterocycles. The van der Waals surface area contributed by atoms with Crippen LogP contribution in [0.3, 0.4) is 0 Å². The molecule has 0 amide bonds. The van der Waals surface area contributed by atoms with Gasteiger partial charge < -0.3 is 15.4 Å². The number of benzene rings is 2. The SMILES string of the molecule is COc1cccc(N(C)Cc2ccc(C)cc2)c1[C@@H](C)N. The lowest BCUT2D eigenvalue weighted by molar-refractivity contribution is 0.407. The molecule has 0 aliphatic rings. The molecule has 0 unspecified atom stereocenters. The summed E-state index contributed by atoms with van der Waals surface area (Å²) in [6.45, 7) is 4.93. The number of ether oxygens (including phenoxy) is 1. The number of hydrogen-bond acceptors (Lipinski definition) is 3. The molecule has 0 saturated carbocycles. The second-order valence-corrected chi connectivity index (χ2v) is 5.52. The predicted octanol–water partition coefficient (Wildman–Crippen LogP) is 3.66. The quantitative estimate of drug-likeness (QED) is 0.910. The normalized spacial score (nSPS) is 12.0. The van der Waals surface area contributed by atoms with Crippen LogP contribution in [0.5, 0.6) is 5.75 Å². The third kappa shape index (κ3) is 3.56. The van der Waals surface area contributed by atoms with Crippen LogP contribution >= 0.6 is 0 Å². The van der Waals surface area contributed by atoms with Gasteiger partial charge in [0.25, 0.3) is 0 Å². The number of methoxy groups -OCH3 is 1. The zero-order valence-corrected chi connectivity index (χ0v) is 13.3. The van der Waals surface area contributed by atoms with Gasteiger partial charge in [0.05, 0.1) is 7.11 Å². The molecule has 2 rings (SSSR count). The zero-order chi connectivity index (χ0) is 15.4. The van der Waals surface area contributed by atoms with Crippen molar-refractivity contribution in [3.05, 3.63) is 59.2 Å². The first-order chi connectivity index (χ1) is 10.0. The molecular weight excluding hydrogens is 260 g/mol. The fourth-order valence-corrected chi connectivity index (χ4v) is 2.55. The Morgan fingerprint density at radius 1 is 1.14 bits per heavy atom. The van der Waals surface area contributed by atoms with Gasteiger partial charge in [-0.05, 0) is 31.5 Å². The molecule has 21 heavy (non-hydrogen) atoms. The highest BCUT2D eigenvalue weighted by molar-refractivity contribution is 5.60. The molecule has 3 heteroatoms. The van der Waals surface area contributed by atoms with Crippen LogP contribution in [0, 0.1) is 6.92 Å². The van der Waals surface area contributed by atoms with E-state index in [0.29, 0.717) is 0 Å². The Morgan fingerprint density at radius 2 is 1.81 bits per heavy atom. The van der Waals surface area contributed by atoms with Crippen LogP contribution in [0.25, 0.3) is 0 Å². The van der Waals surface area contributed by atoms with Crippen molar-refractivity contribution in [3.8, 4) is 5.75 Å². The van der Waals surface area contributed by atoms with E-state index in [1.54, 1.807) is 7.11 Å². The van der Waals surface area contributed by atoms with Crippen molar-refractivity contribution in [2.24, 2.45) is 5.73 Å². The molecule has 0 fully saturated rings. The van der Waals surface area contributed by atoms with Crippen molar-refractivity contribution in [3.63, 3.8) is 0 Å². The summed E-state index contributed by atoms with van der Waals surface area (Å²) in [4.78, 5) is 2.21.